The molecular formula is C17H17FN2O. The van der Waals surface area contributed by atoms with Crippen LogP contribution in [0.4, 0.5) is 4.39 Å². The Morgan fingerprint density at radius 2 is 2.05 bits per heavy atom. The summed E-state index contributed by atoms with van der Waals surface area (Å²) in [5, 5.41) is 8.83. The molecule has 0 aliphatic rings. The van der Waals surface area contributed by atoms with Gasteiger partial charge in [0.25, 0.3) is 0 Å². The topological polar surface area (TPSA) is 59.0 Å². The molecule has 0 spiro atoms. The summed E-state index contributed by atoms with van der Waals surface area (Å²) in [4.78, 5) is 0. The molecule has 0 fully saturated rings. The molecule has 0 radical (unpaired) electrons. The summed E-state index contributed by atoms with van der Waals surface area (Å²) in [7, 11) is 0. The van der Waals surface area contributed by atoms with E-state index < -0.39 is 0 Å². The number of nitrogens with two attached hydrogens (primary N) is 1. The molecule has 0 heterocycles. The van der Waals surface area contributed by atoms with E-state index >= 15 is 0 Å². The molecule has 0 aliphatic heterocycles. The number of nitriles is 1. The van der Waals surface area contributed by atoms with Crippen molar-refractivity contribution in [2.75, 3.05) is 6.54 Å². The third-order valence-corrected chi connectivity index (χ3v) is 3.28. The van der Waals surface area contributed by atoms with Crippen LogP contribution in [0, 0.1) is 24.1 Å². The molecule has 0 aromatic heterocycles. The van der Waals surface area contributed by atoms with Crippen LogP contribution in [0.2, 0.25) is 0 Å². The average Bonchev–Trinajstić information content (AvgIpc) is 2.48. The maximum absolute atomic E-state index is 13.9. The molecule has 4 heteroatoms. The van der Waals surface area contributed by atoms with Gasteiger partial charge in [0.05, 0.1) is 11.6 Å². The minimum atomic E-state index is -0.382. The molecule has 2 aromatic carbocycles. The summed E-state index contributed by atoms with van der Waals surface area (Å²) in [5.41, 5.74) is 8.79. The fourth-order valence-electron chi connectivity index (χ4n) is 2.07. The maximum atomic E-state index is 13.9. The first-order valence-corrected chi connectivity index (χ1v) is 6.75. The summed E-state index contributed by atoms with van der Waals surface area (Å²) in [6.07, 6.45) is 0.645. The van der Waals surface area contributed by atoms with E-state index in [0.717, 1.165) is 16.7 Å². The monoisotopic (exact) mass is 284 g/mol. The van der Waals surface area contributed by atoms with Crippen LogP contribution >= 0.6 is 0 Å². The van der Waals surface area contributed by atoms with Crippen molar-refractivity contribution >= 4 is 0 Å². The van der Waals surface area contributed by atoms with Crippen LogP contribution in [0.1, 0.15) is 22.3 Å². The number of hydrogen-bond acceptors (Lipinski definition) is 3. The second-order valence-electron chi connectivity index (χ2n) is 4.85. The molecule has 21 heavy (non-hydrogen) atoms. The first-order valence-electron chi connectivity index (χ1n) is 6.75. The normalized spacial score (nSPS) is 10.2. The van der Waals surface area contributed by atoms with Crippen molar-refractivity contribution in [3.8, 4) is 11.8 Å². The molecule has 0 atom stereocenters. The summed E-state index contributed by atoms with van der Waals surface area (Å²) < 4.78 is 19.4. The van der Waals surface area contributed by atoms with E-state index in [4.69, 9.17) is 15.7 Å². The quantitative estimate of drug-likeness (QED) is 0.917. The molecule has 2 aromatic rings. The number of aryl methyl sites for hydroxylation is 1. The molecular weight excluding hydrogens is 267 g/mol. The van der Waals surface area contributed by atoms with Gasteiger partial charge in [0, 0.05) is 0 Å². The van der Waals surface area contributed by atoms with Crippen molar-refractivity contribution in [3.63, 3.8) is 0 Å². The number of nitrogens with zero attached hydrogens (tertiary/aromatic N) is 1. The maximum Gasteiger partial charge on any atom is 0.165 e. The highest BCUT2D eigenvalue weighted by Gasteiger charge is 2.06. The zero-order valence-corrected chi connectivity index (χ0v) is 11.9. The van der Waals surface area contributed by atoms with Crippen molar-refractivity contribution < 1.29 is 9.13 Å². The van der Waals surface area contributed by atoms with Gasteiger partial charge in [-0.15, -0.1) is 0 Å². The lowest BCUT2D eigenvalue weighted by atomic mass is 10.1. The van der Waals surface area contributed by atoms with Crippen molar-refractivity contribution in [3.05, 3.63) is 64.5 Å². The summed E-state index contributed by atoms with van der Waals surface area (Å²) in [6.45, 7) is 2.66. The third-order valence-electron chi connectivity index (χ3n) is 3.28. The van der Waals surface area contributed by atoms with Crippen LogP contribution < -0.4 is 10.5 Å². The van der Waals surface area contributed by atoms with Gasteiger partial charge in [-0.05, 0) is 60.8 Å². The molecule has 0 aliphatic carbocycles. The van der Waals surface area contributed by atoms with E-state index in [2.05, 4.69) is 6.07 Å². The first kappa shape index (κ1) is 15.0. The highest BCUT2D eigenvalue weighted by Crippen LogP contribution is 2.21. The minimum Gasteiger partial charge on any atom is -0.486 e. The molecule has 2 rings (SSSR count). The van der Waals surface area contributed by atoms with Crippen LogP contribution in [0.25, 0.3) is 0 Å². The second-order valence-corrected chi connectivity index (χ2v) is 4.85. The van der Waals surface area contributed by atoms with E-state index in [0.29, 0.717) is 18.5 Å². The largest absolute Gasteiger partial charge is 0.486 e. The van der Waals surface area contributed by atoms with Crippen LogP contribution in [0.3, 0.4) is 0 Å². The standard InChI is InChI=1S/C17H17FN2O/c1-12-8-14(10-20)2-4-15(12)11-21-17-5-3-13(6-7-19)9-16(17)18/h2-5,8-9H,6-7,11,19H2,1H3. The van der Waals surface area contributed by atoms with E-state index in [1.54, 1.807) is 18.2 Å². The number of rotatable bonds is 5. The van der Waals surface area contributed by atoms with Gasteiger partial charge >= 0.3 is 0 Å². The zero-order chi connectivity index (χ0) is 15.2. The summed E-state index contributed by atoms with van der Waals surface area (Å²) in [5.74, 6) is -0.160. The zero-order valence-electron chi connectivity index (χ0n) is 11.9. The predicted octanol–water partition coefficient (Wildman–Crippen LogP) is 3.09. The van der Waals surface area contributed by atoms with Crippen molar-refractivity contribution in [2.45, 2.75) is 20.0 Å². The van der Waals surface area contributed by atoms with Gasteiger partial charge < -0.3 is 10.5 Å². The summed E-state index contributed by atoms with van der Waals surface area (Å²) in [6, 6.07) is 12.3. The Labute approximate surface area is 123 Å². The van der Waals surface area contributed by atoms with E-state index in [1.807, 2.05) is 19.1 Å². The molecule has 2 N–H and O–H groups in total. The fraction of sp³-hybridized carbons (Fsp3) is 0.235. The highest BCUT2D eigenvalue weighted by atomic mass is 19.1. The van der Waals surface area contributed by atoms with Gasteiger partial charge in [0.2, 0.25) is 0 Å². The third kappa shape index (κ3) is 3.80. The molecule has 0 saturated carbocycles. The van der Waals surface area contributed by atoms with Crippen LogP contribution in [-0.2, 0) is 13.0 Å². The van der Waals surface area contributed by atoms with Crippen LogP contribution in [0.5, 0.6) is 5.75 Å². The molecule has 0 saturated heterocycles. The van der Waals surface area contributed by atoms with Crippen molar-refractivity contribution in [1.82, 2.24) is 0 Å². The number of benzene rings is 2. The lowest BCUT2D eigenvalue weighted by molar-refractivity contribution is 0.289. The van der Waals surface area contributed by atoms with Gasteiger partial charge in [0.15, 0.2) is 11.6 Å². The molecule has 0 unspecified atom stereocenters. The predicted molar refractivity (Wildman–Crippen MR) is 79.4 cm³/mol. The Morgan fingerprint density at radius 1 is 1.24 bits per heavy atom. The number of hydrogen-bond donors (Lipinski definition) is 1. The Balaban J connectivity index is 2.08. The number of ether oxygens (including phenoxy) is 1. The van der Waals surface area contributed by atoms with Gasteiger partial charge in [-0.1, -0.05) is 12.1 Å². The molecule has 0 bridgehead atoms. The van der Waals surface area contributed by atoms with Gasteiger partial charge in [-0.3, -0.25) is 0 Å². The van der Waals surface area contributed by atoms with E-state index in [-0.39, 0.29) is 18.2 Å². The summed E-state index contributed by atoms with van der Waals surface area (Å²) >= 11 is 0. The Kier molecular flexibility index (Phi) is 4.91. The molecule has 3 nitrogen and oxygen atoms in total. The smallest absolute Gasteiger partial charge is 0.165 e. The highest BCUT2D eigenvalue weighted by molar-refractivity contribution is 5.37. The van der Waals surface area contributed by atoms with Crippen molar-refractivity contribution in [2.24, 2.45) is 5.73 Å². The van der Waals surface area contributed by atoms with Gasteiger partial charge in [-0.2, -0.15) is 5.26 Å². The fourth-order valence-corrected chi connectivity index (χ4v) is 2.07. The minimum absolute atomic E-state index is 0.222. The Bertz CT molecular complexity index is 677. The van der Waals surface area contributed by atoms with Crippen LogP contribution in [-0.4, -0.2) is 6.54 Å². The average molecular weight is 284 g/mol. The Hall–Kier alpha value is -2.38. The van der Waals surface area contributed by atoms with Gasteiger partial charge in [0.1, 0.15) is 6.61 Å². The lowest BCUT2D eigenvalue weighted by Crippen LogP contribution is -2.04. The van der Waals surface area contributed by atoms with Gasteiger partial charge in [-0.25, -0.2) is 4.39 Å². The lowest BCUT2D eigenvalue weighted by Gasteiger charge is -2.10. The first-order chi connectivity index (χ1) is 10.1. The Morgan fingerprint density at radius 3 is 2.67 bits per heavy atom. The number of halogens is 1. The van der Waals surface area contributed by atoms with E-state index in [1.165, 1.54) is 6.07 Å². The molecule has 108 valence electrons. The van der Waals surface area contributed by atoms with E-state index in [9.17, 15) is 4.39 Å². The second kappa shape index (κ2) is 6.87. The van der Waals surface area contributed by atoms with Crippen molar-refractivity contribution in [1.29, 1.82) is 5.26 Å². The molecule has 0 amide bonds. The SMILES string of the molecule is Cc1cc(C#N)ccc1COc1ccc(CCN)cc1F. The van der Waals surface area contributed by atoms with Crippen LogP contribution in [0.15, 0.2) is 36.4 Å².